The molecule has 0 unspecified atom stereocenters. The average Bonchev–Trinajstić information content (AvgIpc) is 2.88. The van der Waals surface area contributed by atoms with E-state index in [1.807, 2.05) is 38.2 Å². The van der Waals surface area contributed by atoms with Crippen molar-refractivity contribution < 1.29 is 9.66 Å². The van der Waals surface area contributed by atoms with Gasteiger partial charge in [-0.3, -0.25) is 14.9 Å². The van der Waals surface area contributed by atoms with E-state index in [1.54, 1.807) is 30.2 Å². The van der Waals surface area contributed by atoms with Crippen LogP contribution in [0.4, 0.5) is 17.1 Å². The normalized spacial score (nSPS) is 14.1. The monoisotopic (exact) mass is 478 g/mol. The third kappa shape index (κ3) is 4.97. The van der Waals surface area contributed by atoms with Crippen LogP contribution in [-0.2, 0) is 0 Å². The minimum absolute atomic E-state index is 0.145. The van der Waals surface area contributed by atoms with Crippen molar-refractivity contribution in [3.63, 3.8) is 0 Å². The molecule has 1 saturated heterocycles. The number of anilines is 2. The summed E-state index contributed by atoms with van der Waals surface area (Å²) < 4.78 is 6.51. The van der Waals surface area contributed by atoms with Gasteiger partial charge in [-0.15, -0.1) is 0 Å². The summed E-state index contributed by atoms with van der Waals surface area (Å²) in [5, 5.41) is 16.6. The Morgan fingerprint density at radius 3 is 2.51 bits per heavy atom. The molecule has 3 aromatic rings. The SMILES string of the molecule is CCN(C)c1cc(-c2cccc(OC)c2)nn(-c2cc(N3CCN(C)CC3)ccc2[N+](=O)[O-])c1=O. The molecule has 0 atom stereocenters. The molecule has 10 heteroatoms. The van der Waals surface area contributed by atoms with Gasteiger partial charge in [-0.05, 0) is 44.3 Å². The van der Waals surface area contributed by atoms with E-state index in [0.717, 1.165) is 42.1 Å². The van der Waals surface area contributed by atoms with Gasteiger partial charge >= 0.3 is 0 Å². The second kappa shape index (κ2) is 10.1. The lowest BCUT2D eigenvalue weighted by molar-refractivity contribution is -0.384. The van der Waals surface area contributed by atoms with E-state index in [2.05, 4.69) is 21.9 Å². The first kappa shape index (κ1) is 24.2. The summed E-state index contributed by atoms with van der Waals surface area (Å²) in [7, 11) is 5.46. The lowest BCUT2D eigenvalue weighted by Crippen LogP contribution is -2.44. The Bertz CT molecular complexity index is 1280. The predicted molar refractivity (Wildman–Crippen MR) is 137 cm³/mol. The zero-order valence-corrected chi connectivity index (χ0v) is 20.5. The maximum Gasteiger partial charge on any atom is 0.295 e. The Labute approximate surface area is 204 Å². The zero-order valence-electron chi connectivity index (χ0n) is 20.5. The Morgan fingerprint density at radius 1 is 1.11 bits per heavy atom. The van der Waals surface area contributed by atoms with Crippen LogP contribution in [-0.4, -0.2) is 73.5 Å². The molecule has 1 aliphatic heterocycles. The molecule has 0 saturated carbocycles. The van der Waals surface area contributed by atoms with Gasteiger partial charge in [-0.2, -0.15) is 9.78 Å². The Balaban J connectivity index is 1.92. The number of benzene rings is 2. The minimum atomic E-state index is -0.474. The van der Waals surface area contributed by atoms with Crippen molar-refractivity contribution in [2.45, 2.75) is 6.92 Å². The lowest BCUT2D eigenvalue weighted by atomic mass is 10.1. The minimum Gasteiger partial charge on any atom is -0.497 e. The molecule has 0 bridgehead atoms. The number of likely N-dealkylation sites (N-methyl/N-ethyl adjacent to an activating group) is 1. The van der Waals surface area contributed by atoms with Gasteiger partial charge in [-0.1, -0.05) is 12.1 Å². The summed E-state index contributed by atoms with van der Waals surface area (Å²) in [5.41, 5.74) is 2.03. The molecule has 35 heavy (non-hydrogen) atoms. The van der Waals surface area contributed by atoms with Crippen molar-refractivity contribution in [2.24, 2.45) is 0 Å². The summed E-state index contributed by atoms with van der Waals surface area (Å²) in [6.45, 7) is 5.89. The van der Waals surface area contributed by atoms with E-state index in [0.29, 0.717) is 23.7 Å². The fourth-order valence-electron chi connectivity index (χ4n) is 4.11. The molecule has 0 N–H and O–H groups in total. The van der Waals surface area contributed by atoms with E-state index in [9.17, 15) is 14.9 Å². The van der Waals surface area contributed by atoms with Crippen LogP contribution in [0.1, 0.15) is 6.92 Å². The highest BCUT2D eigenvalue weighted by molar-refractivity contribution is 5.68. The van der Waals surface area contributed by atoms with Crippen LogP contribution in [0.3, 0.4) is 0 Å². The molecular formula is C25H30N6O4. The van der Waals surface area contributed by atoms with Gasteiger partial charge in [-0.25, -0.2) is 0 Å². The quantitative estimate of drug-likeness (QED) is 0.378. The highest BCUT2D eigenvalue weighted by atomic mass is 16.6. The fourth-order valence-corrected chi connectivity index (χ4v) is 4.11. The standard InChI is InChI=1S/C25H30N6O4/c1-5-28(3)24-17-21(18-7-6-8-20(15-18)35-4)26-30(25(24)32)23-16-19(9-10-22(23)31(33)34)29-13-11-27(2)12-14-29/h6-10,15-17H,5,11-14H2,1-4H3. The molecule has 0 aliphatic carbocycles. The number of methoxy groups -OCH3 is 1. The highest BCUT2D eigenvalue weighted by Crippen LogP contribution is 2.30. The highest BCUT2D eigenvalue weighted by Gasteiger charge is 2.24. The second-order valence-corrected chi connectivity index (χ2v) is 8.60. The number of piperazine rings is 1. The number of rotatable bonds is 7. The van der Waals surface area contributed by atoms with E-state index >= 15 is 0 Å². The van der Waals surface area contributed by atoms with Gasteiger partial charge in [0, 0.05) is 57.1 Å². The Hall–Kier alpha value is -3.92. The van der Waals surface area contributed by atoms with Gasteiger partial charge < -0.3 is 19.4 Å². The van der Waals surface area contributed by atoms with Crippen LogP contribution in [0, 0.1) is 10.1 Å². The molecule has 1 aromatic heterocycles. The van der Waals surface area contributed by atoms with E-state index < -0.39 is 10.5 Å². The lowest BCUT2D eigenvalue weighted by Gasteiger charge is -2.34. The van der Waals surface area contributed by atoms with E-state index in [4.69, 9.17) is 4.74 Å². The third-order valence-electron chi connectivity index (χ3n) is 6.40. The first-order valence-corrected chi connectivity index (χ1v) is 11.5. The van der Waals surface area contributed by atoms with E-state index in [1.165, 1.54) is 6.07 Å². The van der Waals surface area contributed by atoms with Gasteiger partial charge in [0.25, 0.3) is 11.2 Å². The van der Waals surface area contributed by atoms with E-state index in [-0.39, 0.29) is 11.4 Å². The van der Waals surface area contributed by atoms with Crippen LogP contribution in [0.2, 0.25) is 0 Å². The summed E-state index contributed by atoms with van der Waals surface area (Å²) in [5.74, 6) is 0.649. The largest absolute Gasteiger partial charge is 0.497 e. The van der Waals surface area contributed by atoms with Gasteiger partial charge in [0.2, 0.25) is 0 Å². The molecule has 1 aliphatic rings. The molecule has 2 heterocycles. The number of nitro groups is 1. The number of nitro benzene ring substituents is 1. The number of aromatic nitrogens is 2. The number of hydrogen-bond donors (Lipinski definition) is 0. The van der Waals surface area contributed by atoms with Crippen LogP contribution >= 0.6 is 0 Å². The molecule has 1 fully saturated rings. The molecule has 0 spiro atoms. The van der Waals surface area contributed by atoms with Crippen LogP contribution in [0.25, 0.3) is 16.9 Å². The van der Waals surface area contributed by atoms with Gasteiger partial charge in [0.15, 0.2) is 0 Å². The van der Waals surface area contributed by atoms with Crippen molar-refractivity contribution in [3.8, 4) is 22.7 Å². The smallest absolute Gasteiger partial charge is 0.295 e. The van der Waals surface area contributed by atoms with Crippen molar-refractivity contribution in [3.05, 3.63) is 69.0 Å². The first-order valence-electron chi connectivity index (χ1n) is 11.5. The predicted octanol–water partition coefficient (Wildman–Crippen LogP) is 3.02. The number of ether oxygens (including phenoxy) is 1. The molecular weight excluding hydrogens is 448 g/mol. The van der Waals surface area contributed by atoms with Crippen molar-refractivity contribution in [2.75, 3.05) is 63.7 Å². The average molecular weight is 479 g/mol. The van der Waals surface area contributed by atoms with Crippen molar-refractivity contribution in [1.29, 1.82) is 0 Å². The summed E-state index contributed by atoms with van der Waals surface area (Å²) in [4.78, 5) is 31.3. The second-order valence-electron chi connectivity index (χ2n) is 8.60. The number of hydrogen-bond acceptors (Lipinski definition) is 8. The molecule has 0 radical (unpaired) electrons. The fraction of sp³-hybridized carbons (Fsp3) is 0.360. The Kier molecular flexibility index (Phi) is 7.02. The third-order valence-corrected chi connectivity index (χ3v) is 6.40. The van der Waals surface area contributed by atoms with Crippen LogP contribution < -0.4 is 20.1 Å². The topological polar surface area (TPSA) is 97.0 Å². The molecule has 4 rings (SSSR count). The zero-order chi connectivity index (χ0) is 25.1. The molecule has 184 valence electrons. The van der Waals surface area contributed by atoms with Gasteiger partial charge in [0.05, 0.1) is 17.7 Å². The maximum absolute atomic E-state index is 13.6. The summed E-state index contributed by atoms with van der Waals surface area (Å²) in [6.07, 6.45) is 0. The first-order chi connectivity index (χ1) is 16.8. The molecule has 10 nitrogen and oxygen atoms in total. The van der Waals surface area contributed by atoms with Crippen molar-refractivity contribution in [1.82, 2.24) is 14.7 Å². The maximum atomic E-state index is 13.6. The summed E-state index contributed by atoms with van der Waals surface area (Å²) >= 11 is 0. The van der Waals surface area contributed by atoms with Crippen LogP contribution in [0.5, 0.6) is 5.75 Å². The number of nitrogens with zero attached hydrogens (tertiary/aromatic N) is 6. The van der Waals surface area contributed by atoms with Crippen LogP contribution in [0.15, 0.2) is 53.3 Å². The van der Waals surface area contributed by atoms with Gasteiger partial charge in [0.1, 0.15) is 17.1 Å². The summed E-state index contributed by atoms with van der Waals surface area (Å²) in [6, 6.07) is 14.0. The molecule has 2 aromatic carbocycles. The Morgan fingerprint density at radius 2 is 1.86 bits per heavy atom. The van der Waals surface area contributed by atoms with Crippen molar-refractivity contribution >= 4 is 17.1 Å². The molecule has 0 amide bonds.